The van der Waals surface area contributed by atoms with Crippen LogP contribution in [-0.2, 0) is 4.79 Å². The molecular weight excluding hydrogens is 298 g/mol. The Kier molecular flexibility index (Phi) is 8.12. The third-order valence-corrected chi connectivity index (χ3v) is 2.98. The Hall–Kier alpha value is -2.64. The second-order valence-corrected chi connectivity index (χ2v) is 5.03. The maximum atomic E-state index is 11.6. The van der Waals surface area contributed by atoms with Gasteiger partial charge in [-0.25, -0.2) is 9.78 Å². The van der Waals surface area contributed by atoms with Crippen LogP contribution in [0.5, 0.6) is 0 Å². The van der Waals surface area contributed by atoms with Crippen molar-refractivity contribution in [1.82, 2.24) is 20.6 Å². The van der Waals surface area contributed by atoms with Crippen molar-refractivity contribution in [2.75, 3.05) is 18.4 Å². The first-order valence-corrected chi connectivity index (χ1v) is 7.54. The van der Waals surface area contributed by atoms with E-state index in [1.807, 2.05) is 0 Å². The largest absolute Gasteiger partial charge is 0.353 e. The fraction of sp³-hybridized carbons (Fsp3) is 0.467. The molecule has 0 spiro atoms. The first kappa shape index (κ1) is 18.4. The van der Waals surface area contributed by atoms with Crippen LogP contribution in [0.3, 0.4) is 0 Å². The molecule has 3 amide bonds. The molecule has 0 atom stereocenters. The van der Waals surface area contributed by atoms with Gasteiger partial charge in [0.1, 0.15) is 0 Å². The Labute approximate surface area is 134 Å². The molecular formula is C15H23N5O3. The minimum Gasteiger partial charge on any atom is -0.353 e. The Morgan fingerprint density at radius 3 is 2.48 bits per heavy atom. The molecule has 0 aliphatic rings. The zero-order valence-corrected chi connectivity index (χ0v) is 13.3. The average molecular weight is 321 g/mol. The molecule has 0 fully saturated rings. The first-order valence-electron chi connectivity index (χ1n) is 7.54. The molecule has 4 N–H and O–H groups in total. The first-order chi connectivity index (χ1) is 11.0. The van der Waals surface area contributed by atoms with Crippen LogP contribution < -0.4 is 21.5 Å². The summed E-state index contributed by atoms with van der Waals surface area (Å²) in [7, 11) is 0. The second kappa shape index (κ2) is 10.1. The van der Waals surface area contributed by atoms with Crippen LogP contribution in [0.2, 0.25) is 0 Å². The summed E-state index contributed by atoms with van der Waals surface area (Å²) >= 11 is 0. The zero-order valence-electron chi connectivity index (χ0n) is 13.3. The Morgan fingerprint density at radius 1 is 1.22 bits per heavy atom. The van der Waals surface area contributed by atoms with Crippen LogP contribution in [0.4, 0.5) is 10.7 Å². The highest BCUT2D eigenvalue weighted by atomic mass is 16.2. The van der Waals surface area contributed by atoms with Gasteiger partial charge in [-0.05, 0) is 25.8 Å². The molecule has 0 aromatic carbocycles. The Balaban J connectivity index is 2.09. The van der Waals surface area contributed by atoms with Gasteiger partial charge in [0.15, 0.2) is 0 Å². The van der Waals surface area contributed by atoms with E-state index in [4.69, 9.17) is 0 Å². The summed E-state index contributed by atoms with van der Waals surface area (Å²) in [6.45, 7) is 6.21. The summed E-state index contributed by atoms with van der Waals surface area (Å²) in [5, 5.41) is 7.88. The van der Waals surface area contributed by atoms with Crippen molar-refractivity contribution in [3.05, 3.63) is 34.8 Å². The van der Waals surface area contributed by atoms with Gasteiger partial charge in [0.2, 0.25) is 11.9 Å². The van der Waals surface area contributed by atoms with Crippen molar-refractivity contribution in [1.29, 1.82) is 0 Å². The standard InChI is InChI=1S/C15H23N5O3/c1-3-12(21)16-8-6-4-5-7-9-17-15(23)20-14-18-11(2)10-13(22)19-14/h3,10H,1,4-9H2,2H3,(H,16,21)(H3,17,18,19,20,22,23). The van der Waals surface area contributed by atoms with E-state index in [1.165, 1.54) is 12.1 Å². The fourth-order valence-corrected chi connectivity index (χ4v) is 1.88. The van der Waals surface area contributed by atoms with Gasteiger partial charge in [0, 0.05) is 24.8 Å². The molecule has 0 bridgehead atoms. The van der Waals surface area contributed by atoms with E-state index in [1.54, 1.807) is 6.92 Å². The Bertz CT molecular complexity index is 597. The van der Waals surface area contributed by atoms with Gasteiger partial charge in [0.05, 0.1) is 0 Å². The van der Waals surface area contributed by atoms with Gasteiger partial charge in [-0.3, -0.25) is 19.9 Å². The third-order valence-electron chi connectivity index (χ3n) is 2.98. The van der Waals surface area contributed by atoms with Crippen molar-refractivity contribution < 1.29 is 9.59 Å². The monoisotopic (exact) mass is 321 g/mol. The lowest BCUT2D eigenvalue weighted by Gasteiger charge is -2.07. The van der Waals surface area contributed by atoms with Gasteiger partial charge < -0.3 is 10.6 Å². The van der Waals surface area contributed by atoms with Gasteiger partial charge in [-0.1, -0.05) is 19.4 Å². The smallest absolute Gasteiger partial charge is 0.321 e. The number of aromatic nitrogens is 2. The number of anilines is 1. The highest BCUT2D eigenvalue weighted by Gasteiger charge is 2.03. The topological polar surface area (TPSA) is 116 Å². The van der Waals surface area contributed by atoms with Crippen LogP contribution in [0.25, 0.3) is 0 Å². The van der Waals surface area contributed by atoms with E-state index in [0.717, 1.165) is 25.7 Å². The lowest BCUT2D eigenvalue weighted by atomic mass is 10.2. The van der Waals surface area contributed by atoms with Crippen molar-refractivity contribution in [2.24, 2.45) is 0 Å². The molecule has 23 heavy (non-hydrogen) atoms. The molecule has 1 rings (SSSR count). The summed E-state index contributed by atoms with van der Waals surface area (Å²) in [5.74, 6) is -0.0309. The van der Waals surface area contributed by atoms with Crippen LogP contribution in [0.15, 0.2) is 23.5 Å². The SMILES string of the molecule is C=CC(=O)NCCCCCCNC(=O)Nc1nc(C)cc(=O)[nH]1. The summed E-state index contributed by atoms with van der Waals surface area (Å²) in [4.78, 5) is 40.2. The molecule has 1 aromatic rings. The van der Waals surface area contributed by atoms with Crippen LogP contribution >= 0.6 is 0 Å². The number of carbonyl (C=O) groups excluding carboxylic acids is 2. The van der Waals surface area contributed by atoms with Crippen LogP contribution in [0, 0.1) is 6.92 Å². The normalized spacial score (nSPS) is 9.96. The molecule has 1 heterocycles. The number of urea groups is 1. The maximum Gasteiger partial charge on any atom is 0.321 e. The van der Waals surface area contributed by atoms with Gasteiger partial charge in [0.25, 0.3) is 5.56 Å². The van der Waals surface area contributed by atoms with E-state index in [9.17, 15) is 14.4 Å². The minimum absolute atomic E-state index is 0.130. The number of carbonyl (C=O) groups is 2. The lowest BCUT2D eigenvalue weighted by Crippen LogP contribution is -2.31. The number of aromatic amines is 1. The van der Waals surface area contributed by atoms with E-state index in [2.05, 4.69) is 32.5 Å². The third kappa shape index (κ3) is 8.40. The summed E-state index contributed by atoms with van der Waals surface area (Å²) < 4.78 is 0. The van der Waals surface area contributed by atoms with E-state index < -0.39 is 6.03 Å². The molecule has 8 heteroatoms. The highest BCUT2D eigenvalue weighted by molar-refractivity contribution is 5.87. The zero-order chi connectivity index (χ0) is 17.1. The number of nitrogens with zero attached hydrogens (tertiary/aromatic N) is 1. The van der Waals surface area contributed by atoms with Crippen molar-refractivity contribution in [3.63, 3.8) is 0 Å². The number of H-pyrrole nitrogens is 1. The molecule has 8 nitrogen and oxygen atoms in total. The van der Waals surface area contributed by atoms with Crippen LogP contribution in [-0.4, -0.2) is 35.0 Å². The van der Waals surface area contributed by atoms with Gasteiger partial charge in [-0.15, -0.1) is 0 Å². The molecule has 126 valence electrons. The minimum atomic E-state index is -0.406. The van der Waals surface area contributed by atoms with E-state index in [-0.39, 0.29) is 17.4 Å². The van der Waals surface area contributed by atoms with Gasteiger partial charge in [-0.2, -0.15) is 0 Å². The molecule has 0 radical (unpaired) electrons. The number of rotatable bonds is 9. The number of amides is 3. The quantitative estimate of drug-likeness (QED) is 0.402. The predicted octanol–water partition coefficient (Wildman–Crippen LogP) is 1.06. The van der Waals surface area contributed by atoms with Crippen molar-refractivity contribution in [2.45, 2.75) is 32.6 Å². The number of unbranched alkanes of at least 4 members (excludes halogenated alkanes) is 3. The molecule has 0 saturated carbocycles. The molecule has 0 unspecified atom stereocenters. The van der Waals surface area contributed by atoms with Crippen molar-refractivity contribution in [3.8, 4) is 0 Å². The summed E-state index contributed by atoms with van der Waals surface area (Å²) in [6.07, 6.45) is 4.89. The van der Waals surface area contributed by atoms with Crippen molar-refractivity contribution >= 4 is 17.9 Å². The number of aryl methyl sites for hydroxylation is 1. The van der Waals surface area contributed by atoms with Crippen LogP contribution in [0.1, 0.15) is 31.4 Å². The molecule has 0 saturated heterocycles. The van der Waals surface area contributed by atoms with E-state index >= 15 is 0 Å². The number of hydrogen-bond acceptors (Lipinski definition) is 4. The van der Waals surface area contributed by atoms with E-state index in [0.29, 0.717) is 18.8 Å². The Morgan fingerprint density at radius 2 is 1.87 bits per heavy atom. The lowest BCUT2D eigenvalue weighted by molar-refractivity contribution is -0.116. The molecule has 1 aromatic heterocycles. The predicted molar refractivity (Wildman–Crippen MR) is 88.3 cm³/mol. The fourth-order valence-electron chi connectivity index (χ4n) is 1.88. The number of hydrogen-bond donors (Lipinski definition) is 4. The highest BCUT2D eigenvalue weighted by Crippen LogP contribution is 1.99. The molecule has 0 aliphatic heterocycles. The summed E-state index contributed by atoms with van der Waals surface area (Å²) in [6, 6.07) is 0.942. The second-order valence-electron chi connectivity index (χ2n) is 5.03. The number of nitrogens with one attached hydrogen (secondary N) is 4. The summed E-state index contributed by atoms with van der Waals surface area (Å²) in [5.41, 5.74) is 0.226. The molecule has 0 aliphatic carbocycles. The maximum absolute atomic E-state index is 11.6. The average Bonchev–Trinajstić information content (AvgIpc) is 2.48. The van der Waals surface area contributed by atoms with Gasteiger partial charge >= 0.3 is 6.03 Å².